The minimum Gasteiger partial charge on any atom is -0.490 e. The number of ether oxygens (including phenoxy) is 2. The highest BCUT2D eigenvalue weighted by Gasteiger charge is 2.55. The molecule has 0 spiro atoms. The first-order valence-corrected chi connectivity index (χ1v) is 12.1. The highest BCUT2D eigenvalue weighted by Crippen LogP contribution is 2.51. The molecule has 7 heteroatoms. The molecule has 2 aliphatic heterocycles. The van der Waals surface area contributed by atoms with Crippen LogP contribution in [0.25, 0.3) is 0 Å². The van der Waals surface area contributed by atoms with Crippen molar-refractivity contribution in [3.8, 4) is 5.75 Å². The van der Waals surface area contributed by atoms with Crippen molar-refractivity contribution < 1.29 is 18.7 Å². The number of morpholine rings is 1. The Bertz CT molecular complexity index is 1010. The maximum absolute atomic E-state index is 14.6. The topological polar surface area (TPSA) is 54.0 Å². The molecule has 0 radical (unpaired) electrons. The molecule has 2 atom stereocenters. The molecule has 3 fully saturated rings. The van der Waals surface area contributed by atoms with Crippen molar-refractivity contribution in [2.24, 2.45) is 17.8 Å². The summed E-state index contributed by atoms with van der Waals surface area (Å²) in [5, 5.41) is 3.02. The summed E-state index contributed by atoms with van der Waals surface area (Å²) >= 11 is 0. The lowest BCUT2D eigenvalue weighted by molar-refractivity contribution is 0.0948. The number of hydrogen-bond acceptors (Lipinski definition) is 5. The van der Waals surface area contributed by atoms with Gasteiger partial charge >= 0.3 is 0 Å². The fourth-order valence-electron chi connectivity index (χ4n) is 5.29. The number of amides is 1. The zero-order chi connectivity index (χ0) is 23.5. The van der Waals surface area contributed by atoms with Crippen molar-refractivity contribution in [1.82, 2.24) is 10.2 Å². The van der Waals surface area contributed by atoms with Crippen LogP contribution in [0.4, 0.5) is 10.1 Å². The molecule has 2 unspecified atom stereocenters. The van der Waals surface area contributed by atoms with Gasteiger partial charge in [0.1, 0.15) is 18.2 Å². The van der Waals surface area contributed by atoms with Crippen LogP contribution in [0.15, 0.2) is 55.1 Å². The van der Waals surface area contributed by atoms with Crippen LogP contribution in [0, 0.1) is 23.6 Å². The standard InChI is InChI=1S/C27H32FN3O3/c1-2-11-34-21-6-3-19(4-7-21)16-30-17-23-22(24(23)18-30)15-29-27(32)20-5-8-26(25(28)14-20)31-9-12-33-13-10-31/h2-8,14,22-24H,1,9-13,15-18H2,(H,29,32). The third-order valence-electron chi connectivity index (χ3n) is 7.20. The molecule has 1 saturated carbocycles. The number of piperidine rings is 1. The lowest BCUT2D eigenvalue weighted by Gasteiger charge is -2.29. The predicted octanol–water partition coefficient (Wildman–Crippen LogP) is 3.33. The normalized spacial score (nSPS) is 23.9. The number of rotatable bonds is 9. The Morgan fingerprint density at radius 3 is 2.56 bits per heavy atom. The molecule has 2 saturated heterocycles. The number of nitrogens with one attached hydrogen (secondary N) is 1. The average molecular weight is 466 g/mol. The summed E-state index contributed by atoms with van der Waals surface area (Å²) in [5.74, 6) is 2.10. The molecule has 1 N–H and O–H groups in total. The largest absolute Gasteiger partial charge is 0.490 e. The summed E-state index contributed by atoms with van der Waals surface area (Å²) in [6.07, 6.45) is 1.74. The molecule has 6 nitrogen and oxygen atoms in total. The van der Waals surface area contributed by atoms with Gasteiger partial charge in [0, 0.05) is 44.8 Å². The van der Waals surface area contributed by atoms with Crippen molar-refractivity contribution in [3.05, 3.63) is 72.1 Å². The molecule has 2 aromatic carbocycles. The fraction of sp³-hybridized carbons (Fsp3) is 0.444. The Balaban J connectivity index is 1.06. The Morgan fingerprint density at radius 1 is 1.15 bits per heavy atom. The Labute approximate surface area is 200 Å². The van der Waals surface area contributed by atoms with Gasteiger partial charge in [0.15, 0.2) is 0 Å². The molecular weight excluding hydrogens is 433 g/mol. The van der Waals surface area contributed by atoms with Crippen LogP contribution in [-0.4, -0.2) is 63.4 Å². The van der Waals surface area contributed by atoms with Gasteiger partial charge in [-0.15, -0.1) is 0 Å². The maximum atomic E-state index is 14.6. The van der Waals surface area contributed by atoms with Crippen LogP contribution in [-0.2, 0) is 11.3 Å². The second-order valence-corrected chi connectivity index (χ2v) is 9.40. The van der Waals surface area contributed by atoms with Crippen LogP contribution >= 0.6 is 0 Å². The fourth-order valence-corrected chi connectivity index (χ4v) is 5.29. The van der Waals surface area contributed by atoms with E-state index >= 15 is 0 Å². The number of fused-ring (bicyclic) bond motifs is 1. The van der Waals surface area contributed by atoms with Crippen molar-refractivity contribution in [1.29, 1.82) is 0 Å². The molecule has 2 aromatic rings. The van der Waals surface area contributed by atoms with E-state index in [0.717, 1.165) is 25.4 Å². The van der Waals surface area contributed by atoms with E-state index in [4.69, 9.17) is 9.47 Å². The van der Waals surface area contributed by atoms with E-state index in [1.807, 2.05) is 17.0 Å². The molecule has 1 amide bonds. The summed E-state index contributed by atoms with van der Waals surface area (Å²) < 4.78 is 25.5. The Hall–Kier alpha value is -2.90. The van der Waals surface area contributed by atoms with E-state index in [0.29, 0.717) is 68.5 Å². The number of likely N-dealkylation sites (tertiary alicyclic amines) is 1. The lowest BCUT2D eigenvalue weighted by Crippen LogP contribution is -2.36. The van der Waals surface area contributed by atoms with Gasteiger partial charge in [-0.1, -0.05) is 24.8 Å². The molecule has 1 aliphatic carbocycles. The highest BCUT2D eigenvalue weighted by molar-refractivity contribution is 5.94. The van der Waals surface area contributed by atoms with Crippen LogP contribution in [0.1, 0.15) is 15.9 Å². The number of carbonyl (C=O) groups excluding carboxylic acids is 1. The zero-order valence-corrected chi connectivity index (χ0v) is 19.4. The predicted molar refractivity (Wildman–Crippen MR) is 130 cm³/mol. The molecular formula is C27H32FN3O3. The van der Waals surface area contributed by atoms with E-state index in [1.54, 1.807) is 18.2 Å². The summed E-state index contributed by atoms with van der Waals surface area (Å²) in [6.45, 7) is 10.4. The SMILES string of the molecule is C=CCOc1ccc(CN2CC3C(CNC(=O)c4ccc(N5CCOCC5)c(F)c4)C3C2)cc1. The second kappa shape index (κ2) is 10.2. The van der Waals surface area contributed by atoms with Crippen molar-refractivity contribution >= 4 is 11.6 Å². The number of benzene rings is 2. The Kier molecular flexibility index (Phi) is 6.83. The number of anilines is 1. The molecule has 3 aliphatic rings. The quantitative estimate of drug-likeness (QED) is 0.576. The van der Waals surface area contributed by atoms with Crippen LogP contribution < -0.4 is 15.0 Å². The summed E-state index contributed by atoms with van der Waals surface area (Å²) in [4.78, 5) is 17.0. The van der Waals surface area contributed by atoms with E-state index in [2.05, 4.69) is 28.9 Å². The van der Waals surface area contributed by atoms with Gasteiger partial charge in [-0.3, -0.25) is 9.69 Å². The van der Waals surface area contributed by atoms with Crippen molar-refractivity contribution in [2.45, 2.75) is 6.54 Å². The third-order valence-corrected chi connectivity index (χ3v) is 7.20. The number of nitrogens with zero attached hydrogens (tertiary/aromatic N) is 2. The molecule has 2 heterocycles. The van der Waals surface area contributed by atoms with Crippen LogP contribution in [0.3, 0.4) is 0 Å². The first kappa shape index (κ1) is 22.9. The van der Waals surface area contributed by atoms with E-state index < -0.39 is 0 Å². The number of halogens is 1. The summed E-state index contributed by atoms with van der Waals surface area (Å²) in [7, 11) is 0. The van der Waals surface area contributed by atoms with Gasteiger partial charge in [0.2, 0.25) is 0 Å². The van der Waals surface area contributed by atoms with Crippen LogP contribution in [0.2, 0.25) is 0 Å². The van der Waals surface area contributed by atoms with Gasteiger partial charge in [-0.2, -0.15) is 0 Å². The monoisotopic (exact) mass is 465 g/mol. The van der Waals surface area contributed by atoms with E-state index in [1.165, 1.54) is 11.6 Å². The summed E-state index contributed by atoms with van der Waals surface area (Å²) in [5.41, 5.74) is 2.19. The van der Waals surface area contributed by atoms with Gasteiger partial charge < -0.3 is 19.7 Å². The first-order chi connectivity index (χ1) is 16.6. The molecule has 180 valence electrons. The maximum Gasteiger partial charge on any atom is 0.251 e. The second-order valence-electron chi connectivity index (χ2n) is 9.40. The van der Waals surface area contributed by atoms with Gasteiger partial charge in [0.05, 0.1) is 18.9 Å². The lowest BCUT2D eigenvalue weighted by atomic mass is 10.1. The van der Waals surface area contributed by atoms with Crippen molar-refractivity contribution in [2.75, 3.05) is 57.4 Å². The van der Waals surface area contributed by atoms with E-state index in [9.17, 15) is 9.18 Å². The van der Waals surface area contributed by atoms with Crippen LogP contribution in [0.5, 0.6) is 5.75 Å². The van der Waals surface area contributed by atoms with Crippen molar-refractivity contribution in [3.63, 3.8) is 0 Å². The highest BCUT2D eigenvalue weighted by atomic mass is 19.1. The van der Waals surface area contributed by atoms with Gasteiger partial charge in [0.25, 0.3) is 5.91 Å². The number of carbonyl (C=O) groups is 1. The molecule has 5 rings (SSSR count). The third kappa shape index (κ3) is 5.10. The molecule has 0 bridgehead atoms. The number of hydrogen-bond donors (Lipinski definition) is 1. The molecule has 0 aromatic heterocycles. The van der Waals surface area contributed by atoms with E-state index in [-0.39, 0.29) is 11.7 Å². The van der Waals surface area contributed by atoms with Gasteiger partial charge in [-0.25, -0.2) is 4.39 Å². The minimum absolute atomic E-state index is 0.201. The minimum atomic E-state index is -0.353. The smallest absolute Gasteiger partial charge is 0.251 e. The average Bonchev–Trinajstić information content (AvgIpc) is 3.32. The summed E-state index contributed by atoms with van der Waals surface area (Å²) in [6, 6.07) is 13.0. The Morgan fingerprint density at radius 2 is 1.88 bits per heavy atom. The first-order valence-electron chi connectivity index (χ1n) is 12.1. The zero-order valence-electron chi connectivity index (χ0n) is 19.4. The molecule has 34 heavy (non-hydrogen) atoms. The van der Waals surface area contributed by atoms with Gasteiger partial charge in [-0.05, 0) is 53.6 Å².